The van der Waals surface area contributed by atoms with Crippen LogP contribution in [0.3, 0.4) is 0 Å². The minimum atomic E-state index is -0.906. The van der Waals surface area contributed by atoms with Gasteiger partial charge in [0.1, 0.15) is 6.04 Å². The molecule has 2 aromatic rings. The molecule has 2 fully saturated rings. The molecule has 0 bridgehead atoms. The number of aromatic amines is 1. The third kappa shape index (κ3) is 15.1. The average molecular weight is 1020 g/mol. The van der Waals surface area contributed by atoms with Crippen molar-refractivity contribution in [2.24, 2.45) is 23.7 Å². The van der Waals surface area contributed by atoms with Gasteiger partial charge in [-0.15, -0.1) is 0 Å². The predicted octanol–water partition coefficient (Wildman–Crippen LogP) is 5.25. The summed E-state index contributed by atoms with van der Waals surface area (Å²) in [5.74, 6) is -3.24. The zero-order valence-electron chi connectivity index (χ0n) is 45.5. The number of hydroxylamine groups is 2. The average Bonchev–Trinajstić information content (AvgIpc) is 4.10. The lowest BCUT2D eigenvalue weighted by Crippen LogP contribution is -2.60. The molecule has 3 aliphatic heterocycles. The van der Waals surface area contributed by atoms with Gasteiger partial charge >= 0.3 is 0 Å². The van der Waals surface area contributed by atoms with E-state index in [4.69, 9.17) is 14.3 Å². The Morgan fingerprint density at radius 3 is 2.14 bits per heavy atom. The van der Waals surface area contributed by atoms with Crippen molar-refractivity contribution in [3.05, 3.63) is 48.2 Å². The quantitative estimate of drug-likeness (QED) is 0.0740. The SMILES string of the molecule is CC[C@H](C)[C@@H]([C@@H](CC(=O)N1CCC[C@H]1[C@H](OC)[C@@H](C)C(=O)N[C@@H](Cc1c[nH]c2ccccc12)C(=O)N1CCCCO1)OC)N(C)[C@H](C(=O)NC(=O)[C@H](C(C)C)N(C)CCCCCCN1C(=O)C=CC1=O)C(C)C. The molecule has 0 saturated carbocycles. The van der Waals surface area contributed by atoms with E-state index < -0.39 is 54.2 Å². The third-order valence-corrected chi connectivity index (χ3v) is 15.4. The molecule has 2 saturated heterocycles. The van der Waals surface area contributed by atoms with Gasteiger partial charge in [-0.1, -0.05) is 85.9 Å². The first-order chi connectivity index (χ1) is 34.8. The number of rotatable bonds is 28. The lowest BCUT2D eigenvalue weighted by molar-refractivity contribution is -0.199. The van der Waals surface area contributed by atoms with E-state index in [0.717, 1.165) is 55.0 Å². The number of benzene rings is 1. The number of carbonyl (C=O) groups excluding carboxylic acids is 7. The molecule has 1 aromatic carbocycles. The van der Waals surface area contributed by atoms with Crippen LogP contribution in [0.4, 0.5) is 0 Å². The van der Waals surface area contributed by atoms with E-state index in [9.17, 15) is 33.6 Å². The fourth-order valence-electron chi connectivity index (χ4n) is 11.4. The molecular formula is C55H86N8O10. The Kier molecular flexibility index (Phi) is 22.6. The molecule has 18 heteroatoms. The van der Waals surface area contributed by atoms with Gasteiger partial charge in [-0.2, -0.15) is 0 Å². The minimum Gasteiger partial charge on any atom is -0.379 e. The van der Waals surface area contributed by atoms with Gasteiger partial charge < -0.3 is 24.7 Å². The second-order valence-corrected chi connectivity index (χ2v) is 21.2. The Hall–Kier alpha value is -5.01. The molecule has 0 radical (unpaired) electrons. The molecule has 0 unspecified atom stereocenters. The molecule has 5 rings (SSSR count). The van der Waals surface area contributed by atoms with Crippen molar-refractivity contribution in [3.8, 4) is 0 Å². The molecule has 9 atom stereocenters. The van der Waals surface area contributed by atoms with Gasteiger partial charge in [-0.3, -0.25) is 58.4 Å². The van der Waals surface area contributed by atoms with Crippen LogP contribution >= 0.6 is 0 Å². The van der Waals surface area contributed by atoms with Crippen molar-refractivity contribution in [1.82, 2.24) is 40.3 Å². The first kappa shape index (κ1) is 58.9. The van der Waals surface area contributed by atoms with Gasteiger partial charge in [0.05, 0.1) is 49.3 Å². The molecule has 406 valence electrons. The summed E-state index contributed by atoms with van der Waals surface area (Å²) in [5, 5.41) is 8.17. The van der Waals surface area contributed by atoms with Crippen molar-refractivity contribution in [1.29, 1.82) is 0 Å². The zero-order chi connectivity index (χ0) is 53.5. The van der Waals surface area contributed by atoms with Crippen molar-refractivity contribution in [2.75, 3.05) is 61.1 Å². The van der Waals surface area contributed by atoms with E-state index in [-0.39, 0.29) is 66.0 Å². The summed E-state index contributed by atoms with van der Waals surface area (Å²) in [4.78, 5) is 111. The smallest absolute Gasteiger partial charge is 0.269 e. The predicted molar refractivity (Wildman–Crippen MR) is 279 cm³/mol. The van der Waals surface area contributed by atoms with Crippen molar-refractivity contribution in [2.45, 2.75) is 162 Å². The fourth-order valence-corrected chi connectivity index (χ4v) is 11.4. The van der Waals surface area contributed by atoms with Gasteiger partial charge in [-0.25, -0.2) is 5.06 Å². The number of likely N-dealkylation sites (tertiary alicyclic amines) is 1. The van der Waals surface area contributed by atoms with Gasteiger partial charge in [0.2, 0.25) is 23.6 Å². The number of fused-ring (bicyclic) bond motifs is 1. The van der Waals surface area contributed by atoms with Crippen LogP contribution in [0.15, 0.2) is 42.6 Å². The number of nitrogens with zero attached hydrogens (tertiary/aromatic N) is 5. The van der Waals surface area contributed by atoms with Crippen molar-refractivity contribution in [3.63, 3.8) is 0 Å². The van der Waals surface area contributed by atoms with Crippen LogP contribution in [0.1, 0.15) is 118 Å². The lowest BCUT2D eigenvalue weighted by atomic mass is 9.87. The van der Waals surface area contributed by atoms with Crippen LogP contribution in [0.2, 0.25) is 0 Å². The summed E-state index contributed by atoms with van der Waals surface area (Å²) >= 11 is 0. The van der Waals surface area contributed by atoms with Crippen LogP contribution in [-0.4, -0.2) is 175 Å². The Morgan fingerprint density at radius 1 is 0.836 bits per heavy atom. The molecule has 7 amide bonds. The zero-order valence-corrected chi connectivity index (χ0v) is 45.5. The topological polar surface area (TPSA) is 203 Å². The Bertz CT molecular complexity index is 2190. The van der Waals surface area contributed by atoms with Gasteiger partial charge in [0.15, 0.2) is 0 Å². The summed E-state index contributed by atoms with van der Waals surface area (Å²) in [5.41, 5.74) is 1.83. The van der Waals surface area contributed by atoms with Crippen molar-refractivity contribution >= 4 is 52.3 Å². The first-order valence-electron chi connectivity index (χ1n) is 26.8. The van der Waals surface area contributed by atoms with Crippen LogP contribution in [-0.2, 0) is 54.3 Å². The number of methoxy groups -OCH3 is 2. The number of ether oxygens (including phenoxy) is 2. The lowest BCUT2D eigenvalue weighted by Gasteiger charge is -2.43. The molecular weight excluding hydrogens is 933 g/mol. The number of unbranched alkanes of at least 4 members (excludes halogenated alkanes) is 3. The summed E-state index contributed by atoms with van der Waals surface area (Å²) in [6.07, 6.45) is 10.3. The first-order valence-corrected chi connectivity index (χ1v) is 26.8. The maximum Gasteiger partial charge on any atom is 0.269 e. The van der Waals surface area contributed by atoms with Crippen LogP contribution < -0.4 is 10.6 Å². The summed E-state index contributed by atoms with van der Waals surface area (Å²) in [6.45, 7) is 16.1. The normalized spacial score (nSPS) is 19.7. The van der Waals surface area contributed by atoms with Crippen molar-refractivity contribution < 1.29 is 47.9 Å². The largest absolute Gasteiger partial charge is 0.379 e. The van der Waals surface area contributed by atoms with E-state index in [1.165, 1.54) is 22.1 Å². The van der Waals surface area contributed by atoms with E-state index in [0.29, 0.717) is 52.0 Å². The number of amides is 7. The summed E-state index contributed by atoms with van der Waals surface area (Å²) in [6, 6.07) is 4.81. The van der Waals surface area contributed by atoms with E-state index in [1.54, 1.807) is 26.0 Å². The summed E-state index contributed by atoms with van der Waals surface area (Å²) < 4.78 is 12.3. The molecule has 73 heavy (non-hydrogen) atoms. The standard InChI is InChI=1S/C55H86N8O10/c1-12-37(6)50(60(9)49(36(4)5)54(69)58-53(68)48(35(2)3)59(8)27-17-13-14-18-28-62-45(64)25-26-46(62)65)44(71-10)33-47(66)61-29-21-24-43(61)51(72-11)38(7)52(67)57-42(55(70)63-30-19-20-31-73-63)32-39-34-56-41-23-16-15-22-40(39)41/h15-16,22-23,25-26,34-38,42-44,48-51,56H,12-14,17-21,24,27-33H2,1-11H3,(H,57,67)(H,58,68,69)/t37-,38+,42-,43-,44+,48-,49-,50-,51+/m0/s1. The number of para-hydroxylation sites is 1. The maximum atomic E-state index is 14.6. The van der Waals surface area contributed by atoms with E-state index >= 15 is 0 Å². The highest BCUT2D eigenvalue weighted by Crippen LogP contribution is 2.31. The number of H-pyrrole nitrogens is 1. The van der Waals surface area contributed by atoms with Gasteiger partial charge in [-0.05, 0) is 88.5 Å². The Morgan fingerprint density at radius 2 is 1.51 bits per heavy atom. The fraction of sp³-hybridized carbons (Fsp3) is 0.691. The van der Waals surface area contributed by atoms with E-state index in [2.05, 4.69) is 29.5 Å². The number of hydrogen-bond donors (Lipinski definition) is 3. The minimum absolute atomic E-state index is 0.0116. The molecule has 18 nitrogen and oxygen atoms in total. The highest BCUT2D eigenvalue weighted by molar-refractivity contribution is 6.12. The molecule has 0 aliphatic carbocycles. The number of carbonyl (C=O) groups is 7. The van der Waals surface area contributed by atoms with Crippen LogP contribution in [0.25, 0.3) is 10.9 Å². The second kappa shape index (κ2) is 28.0. The molecule has 4 heterocycles. The number of imide groups is 2. The monoisotopic (exact) mass is 1020 g/mol. The van der Waals surface area contributed by atoms with Gasteiger partial charge in [0, 0.05) is 75.6 Å². The third-order valence-electron chi connectivity index (χ3n) is 15.4. The number of aromatic nitrogens is 1. The molecule has 1 aromatic heterocycles. The summed E-state index contributed by atoms with van der Waals surface area (Å²) in [7, 11) is 6.89. The number of likely N-dealkylation sites (N-methyl/N-ethyl adjacent to an activating group) is 2. The Labute approximate surface area is 433 Å². The number of nitrogens with one attached hydrogen (secondary N) is 3. The molecule has 3 aliphatic rings. The van der Waals surface area contributed by atoms with Crippen LogP contribution in [0.5, 0.6) is 0 Å². The van der Waals surface area contributed by atoms with Crippen LogP contribution in [0, 0.1) is 23.7 Å². The molecule has 3 N–H and O–H groups in total. The van der Waals surface area contributed by atoms with E-state index in [1.807, 2.05) is 82.1 Å². The van der Waals surface area contributed by atoms with Gasteiger partial charge in [0.25, 0.3) is 17.7 Å². The molecule has 0 spiro atoms. The maximum absolute atomic E-state index is 14.6. The highest BCUT2D eigenvalue weighted by atomic mass is 16.7. The second-order valence-electron chi connectivity index (χ2n) is 21.2. The Balaban J connectivity index is 1.23. The highest BCUT2D eigenvalue weighted by Gasteiger charge is 2.44. The number of hydrogen-bond acceptors (Lipinski definition) is 12.